The number of carboxylic acids is 1. The lowest BCUT2D eigenvalue weighted by molar-refractivity contribution is -0.140. The van der Waals surface area contributed by atoms with Gasteiger partial charge in [-0.1, -0.05) is 23.7 Å². The number of ether oxygens (including phenoxy) is 1. The number of carboxylic acid groups (broad SMARTS) is 1. The van der Waals surface area contributed by atoms with Gasteiger partial charge in [0.25, 0.3) is 0 Å². The molecule has 0 fully saturated rings. The molecule has 5 nitrogen and oxygen atoms in total. The van der Waals surface area contributed by atoms with Crippen molar-refractivity contribution in [3.63, 3.8) is 0 Å². The molecule has 1 aromatic rings. The quantitative estimate of drug-likeness (QED) is 0.754. The molecule has 0 heterocycles. The number of hydrogen-bond donors (Lipinski definition) is 2. The zero-order valence-electron chi connectivity index (χ0n) is 11.0. The number of nitrogens with one attached hydrogen (secondary N) is 1. The summed E-state index contributed by atoms with van der Waals surface area (Å²) in [5.74, 6) is -1.29. The van der Waals surface area contributed by atoms with E-state index in [0.717, 1.165) is 5.56 Å². The normalized spacial score (nSPS) is 12.3. The maximum atomic E-state index is 11.6. The van der Waals surface area contributed by atoms with E-state index in [-0.39, 0.29) is 18.9 Å². The third kappa shape index (κ3) is 6.36. The largest absolute Gasteiger partial charge is 0.481 e. The number of carbonyl (C=O) groups excluding carboxylic acids is 1. The number of carbonyl (C=O) groups is 2. The Labute approximate surface area is 122 Å². The Kier molecular flexibility index (Phi) is 6.76. The molecule has 1 unspecified atom stereocenters. The van der Waals surface area contributed by atoms with Crippen LogP contribution in [-0.4, -0.2) is 36.7 Å². The summed E-state index contributed by atoms with van der Waals surface area (Å²) in [6, 6.07) is 7.08. The van der Waals surface area contributed by atoms with Crippen molar-refractivity contribution in [2.45, 2.75) is 12.5 Å². The van der Waals surface area contributed by atoms with Gasteiger partial charge < -0.3 is 15.2 Å². The second-order valence-electron chi connectivity index (χ2n) is 4.09. The monoisotopic (exact) mass is 297 g/mol. The van der Waals surface area contributed by atoms with E-state index in [1.54, 1.807) is 24.3 Å². The molecule has 0 saturated heterocycles. The first-order valence-electron chi connectivity index (χ1n) is 5.97. The van der Waals surface area contributed by atoms with Gasteiger partial charge in [-0.05, 0) is 23.8 Å². The SMILES string of the molecule is COC(CNC(=O)/C=C/c1cccc(Cl)c1)CC(=O)O. The molecule has 1 amide bonds. The van der Waals surface area contributed by atoms with Crippen LogP contribution >= 0.6 is 11.6 Å². The molecule has 0 saturated carbocycles. The summed E-state index contributed by atoms with van der Waals surface area (Å²) in [6.45, 7) is 0.140. The average Bonchev–Trinajstić information content (AvgIpc) is 2.40. The number of benzene rings is 1. The first-order valence-corrected chi connectivity index (χ1v) is 6.35. The summed E-state index contributed by atoms with van der Waals surface area (Å²) < 4.78 is 4.95. The smallest absolute Gasteiger partial charge is 0.306 e. The van der Waals surface area contributed by atoms with Crippen LogP contribution in [0.3, 0.4) is 0 Å². The Morgan fingerprint density at radius 1 is 1.50 bits per heavy atom. The third-order valence-electron chi connectivity index (χ3n) is 2.52. The lowest BCUT2D eigenvalue weighted by Crippen LogP contribution is -2.33. The van der Waals surface area contributed by atoms with E-state index < -0.39 is 12.1 Å². The number of aliphatic carboxylic acids is 1. The minimum absolute atomic E-state index is 0.140. The van der Waals surface area contributed by atoms with E-state index >= 15 is 0 Å². The van der Waals surface area contributed by atoms with Crippen molar-refractivity contribution >= 4 is 29.6 Å². The van der Waals surface area contributed by atoms with Gasteiger partial charge in [0, 0.05) is 24.8 Å². The molecule has 0 aromatic heterocycles. The Bertz CT molecular complexity index is 502. The molecule has 2 N–H and O–H groups in total. The molecule has 0 aliphatic heterocycles. The molecule has 0 bridgehead atoms. The van der Waals surface area contributed by atoms with Crippen LogP contribution in [0.5, 0.6) is 0 Å². The molecule has 0 spiro atoms. The molecule has 1 rings (SSSR count). The second-order valence-corrected chi connectivity index (χ2v) is 4.53. The number of rotatable bonds is 7. The summed E-state index contributed by atoms with van der Waals surface area (Å²) in [4.78, 5) is 22.1. The van der Waals surface area contributed by atoms with Crippen molar-refractivity contribution in [2.75, 3.05) is 13.7 Å². The zero-order valence-corrected chi connectivity index (χ0v) is 11.8. The van der Waals surface area contributed by atoms with Crippen molar-refractivity contribution < 1.29 is 19.4 Å². The van der Waals surface area contributed by atoms with Crippen molar-refractivity contribution in [1.82, 2.24) is 5.32 Å². The van der Waals surface area contributed by atoms with E-state index in [2.05, 4.69) is 5.32 Å². The summed E-state index contributed by atoms with van der Waals surface area (Å²) in [7, 11) is 1.40. The van der Waals surface area contributed by atoms with Gasteiger partial charge in [-0.3, -0.25) is 9.59 Å². The molecule has 108 valence electrons. The molecule has 20 heavy (non-hydrogen) atoms. The number of halogens is 1. The number of hydrogen-bond acceptors (Lipinski definition) is 3. The van der Waals surface area contributed by atoms with Crippen molar-refractivity contribution in [3.8, 4) is 0 Å². The lowest BCUT2D eigenvalue weighted by atomic mass is 10.2. The fourth-order valence-corrected chi connectivity index (χ4v) is 1.69. The van der Waals surface area contributed by atoms with Crippen LogP contribution in [0, 0.1) is 0 Å². The Morgan fingerprint density at radius 3 is 2.85 bits per heavy atom. The van der Waals surface area contributed by atoms with Crippen LogP contribution in [0.2, 0.25) is 5.02 Å². The maximum Gasteiger partial charge on any atom is 0.306 e. The predicted octanol–water partition coefficient (Wildman–Crippen LogP) is 1.96. The summed E-state index contributed by atoms with van der Waals surface area (Å²) in [6.07, 6.45) is 2.28. The van der Waals surface area contributed by atoms with E-state index in [4.69, 9.17) is 21.4 Å². The topological polar surface area (TPSA) is 75.6 Å². The second kappa shape index (κ2) is 8.35. The Hall–Kier alpha value is -1.85. The standard InChI is InChI=1S/C14H16ClNO4/c1-20-12(8-14(18)19)9-16-13(17)6-5-10-3-2-4-11(15)7-10/h2-7,12H,8-9H2,1H3,(H,16,17)(H,18,19)/b6-5+. The summed E-state index contributed by atoms with van der Waals surface area (Å²) in [5.41, 5.74) is 0.807. The van der Waals surface area contributed by atoms with Gasteiger partial charge in [-0.25, -0.2) is 0 Å². The summed E-state index contributed by atoms with van der Waals surface area (Å²) in [5, 5.41) is 11.8. The van der Waals surface area contributed by atoms with Crippen LogP contribution in [0.4, 0.5) is 0 Å². The van der Waals surface area contributed by atoms with E-state index in [1.807, 2.05) is 6.07 Å². The van der Waals surface area contributed by atoms with Gasteiger partial charge in [0.15, 0.2) is 0 Å². The molecule has 0 aliphatic carbocycles. The fourth-order valence-electron chi connectivity index (χ4n) is 1.49. The van der Waals surface area contributed by atoms with E-state index in [1.165, 1.54) is 13.2 Å². The molecule has 0 radical (unpaired) electrons. The zero-order chi connectivity index (χ0) is 15.0. The van der Waals surface area contributed by atoms with Gasteiger partial charge >= 0.3 is 5.97 Å². The number of amides is 1. The van der Waals surface area contributed by atoms with Crippen LogP contribution < -0.4 is 5.32 Å². The van der Waals surface area contributed by atoms with Crippen LogP contribution in [0.25, 0.3) is 6.08 Å². The highest BCUT2D eigenvalue weighted by molar-refractivity contribution is 6.30. The average molecular weight is 298 g/mol. The highest BCUT2D eigenvalue weighted by Crippen LogP contribution is 2.11. The molecule has 1 atom stereocenters. The first kappa shape index (κ1) is 16.2. The van der Waals surface area contributed by atoms with Crippen molar-refractivity contribution in [2.24, 2.45) is 0 Å². The molecule has 1 aromatic carbocycles. The molecule has 0 aliphatic rings. The van der Waals surface area contributed by atoms with Gasteiger partial charge in [-0.2, -0.15) is 0 Å². The van der Waals surface area contributed by atoms with E-state index in [0.29, 0.717) is 5.02 Å². The third-order valence-corrected chi connectivity index (χ3v) is 2.75. The van der Waals surface area contributed by atoms with Gasteiger partial charge in [0.2, 0.25) is 5.91 Å². The maximum absolute atomic E-state index is 11.6. The van der Waals surface area contributed by atoms with Crippen LogP contribution in [0.15, 0.2) is 30.3 Å². The van der Waals surface area contributed by atoms with Gasteiger partial charge in [-0.15, -0.1) is 0 Å². The highest BCUT2D eigenvalue weighted by atomic mass is 35.5. The highest BCUT2D eigenvalue weighted by Gasteiger charge is 2.12. The van der Waals surface area contributed by atoms with Gasteiger partial charge in [0.1, 0.15) is 0 Å². The summed E-state index contributed by atoms with van der Waals surface area (Å²) >= 11 is 5.82. The first-order chi connectivity index (χ1) is 9.51. The Balaban J connectivity index is 2.45. The molecular formula is C14H16ClNO4. The lowest BCUT2D eigenvalue weighted by Gasteiger charge is -2.12. The predicted molar refractivity (Wildman–Crippen MR) is 76.5 cm³/mol. The molecule has 6 heteroatoms. The van der Waals surface area contributed by atoms with E-state index in [9.17, 15) is 9.59 Å². The molecular weight excluding hydrogens is 282 g/mol. The minimum Gasteiger partial charge on any atom is -0.481 e. The number of methoxy groups -OCH3 is 1. The Morgan fingerprint density at radius 2 is 2.25 bits per heavy atom. The van der Waals surface area contributed by atoms with Crippen molar-refractivity contribution in [3.05, 3.63) is 40.9 Å². The van der Waals surface area contributed by atoms with Crippen molar-refractivity contribution in [1.29, 1.82) is 0 Å². The fraction of sp³-hybridized carbons (Fsp3) is 0.286. The van der Waals surface area contributed by atoms with Gasteiger partial charge in [0.05, 0.1) is 12.5 Å². The van der Waals surface area contributed by atoms with Crippen LogP contribution in [0.1, 0.15) is 12.0 Å². The minimum atomic E-state index is -0.972. The van der Waals surface area contributed by atoms with Crippen LogP contribution in [-0.2, 0) is 14.3 Å².